The molecule has 0 radical (unpaired) electrons. The van der Waals surface area contributed by atoms with Crippen molar-refractivity contribution in [2.24, 2.45) is 5.73 Å². The molecule has 2 aromatic rings. The summed E-state index contributed by atoms with van der Waals surface area (Å²) in [5.74, 6) is 1.77. The van der Waals surface area contributed by atoms with Crippen LogP contribution in [0.4, 0.5) is 11.5 Å². The van der Waals surface area contributed by atoms with Gasteiger partial charge in [-0.05, 0) is 36.7 Å². The van der Waals surface area contributed by atoms with Gasteiger partial charge < -0.3 is 15.4 Å². The maximum Gasteiger partial charge on any atom is 0.135 e. The van der Waals surface area contributed by atoms with Gasteiger partial charge in [-0.3, -0.25) is 0 Å². The lowest BCUT2D eigenvalue weighted by atomic mass is 10.1. The molecule has 0 spiro atoms. The Hall–Kier alpha value is -2.07. The van der Waals surface area contributed by atoms with Crippen molar-refractivity contribution in [1.82, 2.24) is 4.98 Å². The number of nitrogens with two attached hydrogens (primary N) is 1. The first-order valence-corrected chi connectivity index (χ1v) is 6.28. The molecule has 1 aromatic heterocycles. The van der Waals surface area contributed by atoms with Crippen molar-refractivity contribution in [2.45, 2.75) is 6.42 Å². The predicted octanol–water partition coefficient (Wildman–Crippen LogP) is 2.36. The van der Waals surface area contributed by atoms with E-state index in [9.17, 15) is 0 Å². The summed E-state index contributed by atoms with van der Waals surface area (Å²) < 4.78 is 5.25. The van der Waals surface area contributed by atoms with Gasteiger partial charge in [-0.2, -0.15) is 0 Å². The van der Waals surface area contributed by atoms with Crippen molar-refractivity contribution < 1.29 is 4.74 Å². The standard InChI is InChI=1S/C15H19N3O/c1-18(13-6-3-7-14(11-13)19-2)15-12(8-9-16)5-4-10-17-15/h3-7,10-11H,8-9,16H2,1-2H3. The van der Waals surface area contributed by atoms with Crippen LogP contribution in [-0.4, -0.2) is 25.7 Å². The lowest BCUT2D eigenvalue weighted by molar-refractivity contribution is 0.415. The first-order chi connectivity index (χ1) is 9.26. The van der Waals surface area contributed by atoms with Gasteiger partial charge in [-0.25, -0.2) is 4.98 Å². The molecule has 4 heteroatoms. The van der Waals surface area contributed by atoms with Crippen molar-refractivity contribution in [3.05, 3.63) is 48.2 Å². The van der Waals surface area contributed by atoms with E-state index in [2.05, 4.69) is 11.1 Å². The van der Waals surface area contributed by atoms with Gasteiger partial charge in [0.1, 0.15) is 11.6 Å². The fraction of sp³-hybridized carbons (Fsp3) is 0.267. The zero-order chi connectivity index (χ0) is 13.7. The molecule has 1 aromatic carbocycles. The average Bonchev–Trinajstić information content (AvgIpc) is 2.47. The molecule has 0 bridgehead atoms. The summed E-state index contributed by atoms with van der Waals surface area (Å²) >= 11 is 0. The van der Waals surface area contributed by atoms with Crippen LogP contribution in [0.1, 0.15) is 5.56 Å². The zero-order valence-electron chi connectivity index (χ0n) is 11.3. The highest BCUT2D eigenvalue weighted by atomic mass is 16.5. The van der Waals surface area contributed by atoms with E-state index in [1.165, 1.54) is 0 Å². The normalized spacial score (nSPS) is 10.3. The Morgan fingerprint density at radius 3 is 2.84 bits per heavy atom. The van der Waals surface area contributed by atoms with Crippen LogP contribution in [0, 0.1) is 0 Å². The molecule has 4 nitrogen and oxygen atoms in total. The maximum atomic E-state index is 5.65. The summed E-state index contributed by atoms with van der Waals surface area (Å²) in [6, 6.07) is 11.9. The Bertz CT molecular complexity index is 542. The minimum absolute atomic E-state index is 0.616. The molecule has 0 aliphatic heterocycles. The van der Waals surface area contributed by atoms with Crippen molar-refractivity contribution in [3.8, 4) is 5.75 Å². The van der Waals surface area contributed by atoms with Crippen LogP contribution in [0.5, 0.6) is 5.75 Å². The topological polar surface area (TPSA) is 51.4 Å². The molecular formula is C15H19N3O. The molecular weight excluding hydrogens is 238 g/mol. The van der Waals surface area contributed by atoms with Gasteiger partial charge in [0.15, 0.2) is 0 Å². The van der Waals surface area contributed by atoms with Crippen molar-refractivity contribution >= 4 is 11.5 Å². The Kier molecular flexibility index (Phi) is 4.36. The van der Waals surface area contributed by atoms with Gasteiger partial charge in [0, 0.05) is 25.0 Å². The van der Waals surface area contributed by atoms with Crippen LogP contribution >= 0.6 is 0 Å². The molecule has 1 heterocycles. The van der Waals surface area contributed by atoms with Gasteiger partial charge in [0.25, 0.3) is 0 Å². The van der Waals surface area contributed by atoms with Crippen molar-refractivity contribution in [2.75, 3.05) is 25.6 Å². The third-order valence-corrected chi connectivity index (χ3v) is 3.04. The smallest absolute Gasteiger partial charge is 0.135 e. The van der Waals surface area contributed by atoms with E-state index in [0.29, 0.717) is 6.54 Å². The Balaban J connectivity index is 2.35. The van der Waals surface area contributed by atoms with Gasteiger partial charge in [0.2, 0.25) is 0 Å². The quantitative estimate of drug-likeness (QED) is 0.893. The lowest BCUT2D eigenvalue weighted by Gasteiger charge is -2.21. The summed E-state index contributed by atoms with van der Waals surface area (Å²) in [5.41, 5.74) is 7.83. The Morgan fingerprint density at radius 2 is 2.11 bits per heavy atom. The highest BCUT2D eigenvalue weighted by Crippen LogP contribution is 2.27. The monoisotopic (exact) mass is 257 g/mol. The number of hydrogen-bond acceptors (Lipinski definition) is 4. The fourth-order valence-corrected chi connectivity index (χ4v) is 2.02. The number of methoxy groups -OCH3 is 1. The molecule has 0 aliphatic rings. The average molecular weight is 257 g/mol. The van der Waals surface area contributed by atoms with Crippen LogP contribution in [0.25, 0.3) is 0 Å². The van der Waals surface area contributed by atoms with E-state index in [1.54, 1.807) is 13.3 Å². The fourth-order valence-electron chi connectivity index (χ4n) is 2.02. The van der Waals surface area contributed by atoms with E-state index in [0.717, 1.165) is 29.2 Å². The van der Waals surface area contributed by atoms with Crippen LogP contribution in [0.15, 0.2) is 42.6 Å². The number of anilines is 2. The second-order valence-electron chi connectivity index (χ2n) is 4.29. The Morgan fingerprint density at radius 1 is 1.26 bits per heavy atom. The molecule has 100 valence electrons. The summed E-state index contributed by atoms with van der Waals surface area (Å²) in [6.07, 6.45) is 2.61. The first-order valence-electron chi connectivity index (χ1n) is 6.28. The minimum Gasteiger partial charge on any atom is -0.497 e. The number of pyridine rings is 1. The molecule has 19 heavy (non-hydrogen) atoms. The molecule has 0 saturated carbocycles. The number of nitrogens with zero attached hydrogens (tertiary/aromatic N) is 2. The number of benzene rings is 1. The van der Waals surface area contributed by atoms with Crippen LogP contribution in [0.3, 0.4) is 0 Å². The SMILES string of the molecule is COc1cccc(N(C)c2ncccc2CCN)c1. The van der Waals surface area contributed by atoms with Crippen LogP contribution in [-0.2, 0) is 6.42 Å². The minimum atomic E-state index is 0.616. The summed E-state index contributed by atoms with van der Waals surface area (Å²) in [6.45, 7) is 0.616. The summed E-state index contributed by atoms with van der Waals surface area (Å²) in [4.78, 5) is 6.51. The summed E-state index contributed by atoms with van der Waals surface area (Å²) in [5, 5.41) is 0. The number of ether oxygens (including phenoxy) is 1. The van der Waals surface area contributed by atoms with Crippen LogP contribution < -0.4 is 15.4 Å². The first kappa shape index (κ1) is 13.4. The third kappa shape index (κ3) is 3.03. The highest BCUT2D eigenvalue weighted by molar-refractivity contribution is 5.63. The highest BCUT2D eigenvalue weighted by Gasteiger charge is 2.10. The summed E-state index contributed by atoms with van der Waals surface area (Å²) in [7, 11) is 3.66. The molecule has 0 unspecified atom stereocenters. The van der Waals surface area contributed by atoms with E-state index in [4.69, 9.17) is 10.5 Å². The molecule has 0 amide bonds. The third-order valence-electron chi connectivity index (χ3n) is 3.04. The van der Waals surface area contributed by atoms with Gasteiger partial charge in [-0.15, -0.1) is 0 Å². The van der Waals surface area contributed by atoms with Crippen molar-refractivity contribution in [3.63, 3.8) is 0 Å². The van der Waals surface area contributed by atoms with E-state index in [1.807, 2.05) is 42.3 Å². The molecule has 2 rings (SSSR count). The van der Waals surface area contributed by atoms with E-state index >= 15 is 0 Å². The van der Waals surface area contributed by atoms with Crippen LogP contribution in [0.2, 0.25) is 0 Å². The molecule has 0 fully saturated rings. The van der Waals surface area contributed by atoms with Gasteiger partial charge in [-0.1, -0.05) is 12.1 Å². The number of rotatable bonds is 5. The molecule has 0 atom stereocenters. The van der Waals surface area contributed by atoms with Crippen molar-refractivity contribution in [1.29, 1.82) is 0 Å². The number of aromatic nitrogens is 1. The zero-order valence-corrected chi connectivity index (χ0v) is 11.3. The maximum absolute atomic E-state index is 5.65. The van der Waals surface area contributed by atoms with Gasteiger partial charge in [0.05, 0.1) is 7.11 Å². The number of hydrogen-bond donors (Lipinski definition) is 1. The van der Waals surface area contributed by atoms with Gasteiger partial charge >= 0.3 is 0 Å². The lowest BCUT2D eigenvalue weighted by Crippen LogP contribution is -2.15. The second-order valence-corrected chi connectivity index (χ2v) is 4.29. The largest absolute Gasteiger partial charge is 0.497 e. The molecule has 0 aliphatic carbocycles. The van der Waals surface area contributed by atoms with E-state index < -0.39 is 0 Å². The molecule has 0 saturated heterocycles. The molecule has 2 N–H and O–H groups in total. The predicted molar refractivity (Wildman–Crippen MR) is 78.1 cm³/mol. The van der Waals surface area contributed by atoms with E-state index in [-0.39, 0.29) is 0 Å². The second kappa shape index (κ2) is 6.20. The Labute approximate surface area is 113 Å².